The van der Waals surface area contributed by atoms with Gasteiger partial charge in [-0.15, -0.1) is 0 Å². The number of rotatable bonds is 0. The first-order valence-corrected chi connectivity index (χ1v) is 2.23. The van der Waals surface area contributed by atoms with Gasteiger partial charge in [0.1, 0.15) is 0 Å². The van der Waals surface area contributed by atoms with Crippen LogP contribution in [0, 0.1) is 10.1 Å². The molecule has 0 atom stereocenters. The third kappa shape index (κ3) is 0.805. The molecular formula is C3HN5O2. The first-order chi connectivity index (χ1) is 4.75. The highest BCUT2D eigenvalue weighted by Crippen LogP contribution is 1.90. The Morgan fingerprint density at radius 2 is 2.50 bits per heavy atom. The van der Waals surface area contributed by atoms with Crippen LogP contribution in [0.3, 0.4) is 0 Å². The van der Waals surface area contributed by atoms with Gasteiger partial charge >= 0.3 is 18.0 Å². The minimum Gasteiger partial charge on any atom is -0.497 e. The molecule has 0 saturated carbocycles. The van der Waals surface area contributed by atoms with Crippen LogP contribution in [-0.2, 0) is 0 Å². The lowest BCUT2D eigenvalue weighted by atomic mass is 10.6. The van der Waals surface area contributed by atoms with E-state index in [1.807, 2.05) is 0 Å². The normalized spacial score (nSPS) is 14.8. The van der Waals surface area contributed by atoms with Crippen LogP contribution in [0.5, 0.6) is 0 Å². The Morgan fingerprint density at radius 1 is 1.80 bits per heavy atom. The predicted octanol–water partition coefficient (Wildman–Crippen LogP) is -0.668. The summed E-state index contributed by atoms with van der Waals surface area (Å²) in [7, 11) is 0. The van der Waals surface area contributed by atoms with E-state index in [4.69, 9.17) is 5.53 Å². The van der Waals surface area contributed by atoms with Crippen molar-refractivity contribution in [2.75, 3.05) is 0 Å². The topological polar surface area (TPSA) is 104 Å². The monoisotopic (exact) mass is 139 g/mol. The number of nitro groups is 1. The van der Waals surface area contributed by atoms with Gasteiger partial charge in [-0.1, -0.05) is 0 Å². The molecule has 7 heteroatoms. The summed E-state index contributed by atoms with van der Waals surface area (Å²) in [6.45, 7) is 0. The van der Waals surface area contributed by atoms with E-state index in [0.29, 0.717) is 0 Å². The second kappa shape index (κ2) is 2.16. The molecule has 0 unspecified atom stereocenters. The molecule has 0 aromatic carbocycles. The van der Waals surface area contributed by atoms with E-state index in [1.54, 1.807) is 0 Å². The summed E-state index contributed by atoms with van der Waals surface area (Å²) in [5, 5.41) is 9.97. The van der Waals surface area contributed by atoms with Crippen LogP contribution in [0.2, 0.25) is 0 Å². The van der Waals surface area contributed by atoms with Crippen LogP contribution < -0.4 is 0 Å². The van der Waals surface area contributed by atoms with Crippen molar-refractivity contribution in [3.63, 3.8) is 0 Å². The van der Waals surface area contributed by atoms with E-state index in [9.17, 15) is 10.1 Å². The molecule has 0 aromatic heterocycles. The number of hydrogen-bond acceptors (Lipinski definition) is 3. The standard InChI is InChI=1S/C3HN5O2/c4-7-2-3(8(9)10)6-1-5-2/h1H. The van der Waals surface area contributed by atoms with Gasteiger partial charge in [0.25, 0.3) is 0 Å². The van der Waals surface area contributed by atoms with Crippen LogP contribution in [0.1, 0.15) is 0 Å². The lowest BCUT2D eigenvalue weighted by Gasteiger charge is -1.82. The first-order valence-electron chi connectivity index (χ1n) is 2.23. The van der Waals surface area contributed by atoms with Crippen LogP contribution in [0.25, 0.3) is 5.53 Å². The number of amidine groups is 2. The summed E-state index contributed by atoms with van der Waals surface area (Å²) in [6, 6.07) is 0. The van der Waals surface area contributed by atoms with Gasteiger partial charge < -0.3 is 15.6 Å². The maximum absolute atomic E-state index is 9.97. The van der Waals surface area contributed by atoms with Crippen LogP contribution >= 0.6 is 0 Å². The van der Waals surface area contributed by atoms with Gasteiger partial charge in [0.15, 0.2) is 0 Å². The van der Waals surface area contributed by atoms with Crippen molar-refractivity contribution in [2.45, 2.75) is 0 Å². The van der Waals surface area contributed by atoms with E-state index in [2.05, 4.69) is 14.8 Å². The Labute approximate surface area is 54.5 Å². The maximum atomic E-state index is 9.97. The molecule has 50 valence electrons. The smallest absolute Gasteiger partial charge is 0.497 e. The van der Waals surface area contributed by atoms with Gasteiger partial charge in [-0.05, 0) is 4.92 Å². The molecule has 0 radical (unpaired) electrons. The Kier molecular flexibility index (Phi) is 1.35. The minimum atomic E-state index is -0.776. The zero-order valence-electron chi connectivity index (χ0n) is 4.63. The molecule has 10 heavy (non-hydrogen) atoms. The molecular weight excluding hydrogens is 138 g/mol. The number of aliphatic imine (C=N–C) groups is 2. The highest BCUT2D eigenvalue weighted by Gasteiger charge is 2.34. The predicted molar refractivity (Wildman–Crippen MR) is 31.5 cm³/mol. The fraction of sp³-hybridized carbons (Fsp3) is 0. The first kappa shape index (κ1) is 6.24. The van der Waals surface area contributed by atoms with Gasteiger partial charge in [-0.3, -0.25) is 4.79 Å². The SMILES string of the molecule is [N-]=[N+]=C1N=CN=C1[N+](=O)[O-]. The van der Waals surface area contributed by atoms with Crippen molar-refractivity contribution in [2.24, 2.45) is 9.98 Å². The summed E-state index contributed by atoms with van der Waals surface area (Å²) in [5.41, 5.74) is 8.07. The molecule has 0 spiro atoms. The van der Waals surface area contributed by atoms with Gasteiger partial charge in [0.2, 0.25) is 0 Å². The second-order valence-corrected chi connectivity index (χ2v) is 1.38. The highest BCUT2D eigenvalue weighted by atomic mass is 16.6. The molecule has 0 aromatic rings. The molecule has 1 heterocycles. The average molecular weight is 139 g/mol. The van der Waals surface area contributed by atoms with Crippen LogP contribution in [0.15, 0.2) is 9.98 Å². The molecule has 1 aliphatic heterocycles. The molecule has 0 N–H and O–H groups in total. The molecule has 0 amide bonds. The van der Waals surface area contributed by atoms with Gasteiger partial charge in [0, 0.05) is 9.98 Å². The van der Waals surface area contributed by atoms with E-state index in [0.717, 1.165) is 6.34 Å². The second-order valence-electron chi connectivity index (χ2n) is 1.38. The summed E-state index contributed by atoms with van der Waals surface area (Å²) in [4.78, 5) is 18.2. The largest absolute Gasteiger partial charge is 0.504 e. The zero-order chi connectivity index (χ0) is 7.56. The van der Waals surface area contributed by atoms with Crippen molar-refractivity contribution >= 4 is 18.0 Å². The Bertz CT molecular complexity index is 283. The fourth-order valence-corrected chi connectivity index (χ4v) is 0.453. The number of nitrogens with zero attached hydrogens (tertiary/aromatic N) is 5. The Balaban J connectivity index is 3.04. The summed E-state index contributed by atoms with van der Waals surface area (Å²) in [6.07, 6.45) is 0.952. The van der Waals surface area contributed by atoms with Gasteiger partial charge in [0.05, 0.1) is 0 Å². The lowest BCUT2D eigenvalue weighted by molar-refractivity contribution is -0.347. The van der Waals surface area contributed by atoms with Gasteiger partial charge in [-0.25, -0.2) is 0 Å². The van der Waals surface area contributed by atoms with Gasteiger partial charge in [-0.2, -0.15) is 0 Å². The molecule has 0 fully saturated rings. The quantitative estimate of drug-likeness (QED) is 0.192. The maximum Gasteiger partial charge on any atom is 0.504 e. The molecule has 1 aliphatic rings. The third-order valence-electron chi connectivity index (χ3n) is 0.828. The average Bonchev–Trinajstić information content (AvgIpc) is 2.33. The van der Waals surface area contributed by atoms with E-state index in [1.165, 1.54) is 0 Å². The van der Waals surface area contributed by atoms with Crippen LogP contribution in [0.4, 0.5) is 0 Å². The zero-order valence-corrected chi connectivity index (χ0v) is 4.63. The molecule has 0 saturated heterocycles. The molecule has 7 nitrogen and oxygen atoms in total. The summed E-state index contributed by atoms with van der Waals surface area (Å²) in [5.74, 6) is -0.910. The molecule has 0 aliphatic carbocycles. The summed E-state index contributed by atoms with van der Waals surface area (Å²) >= 11 is 0. The summed E-state index contributed by atoms with van der Waals surface area (Å²) < 4.78 is 0. The van der Waals surface area contributed by atoms with E-state index in [-0.39, 0.29) is 5.84 Å². The van der Waals surface area contributed by atoms with Crippen molar-refractivity contribution in [3.8, 4) is 0 Å². The van der Waals surface area contributed by atoms with Crippen molar-refractivity contribution in [1.82, 2.24) is 0 Å². The van der Waals surface area contributed by atoms with Crippen LogP contribution in [-0.4, -0.2) is 27.7 Å². The number of hydrogen-bond donors (Lipinski definition) is 0. The Morgan fingerprint density at radius 3 is 2.90 bits per heavy atom. The van der Waals surface area contributed by atoms with Crippen molar-refractivity contribution in [1.29, 1.82) is 0 Å². The van der Waals surface area contributed by atoms with E-state index >= 15 is 0 Å². The highest BCUT2D eigenvalue weighted by molar-refractivity contribution is 6.39. The van der Waals surface area contributed by atoms with Crippen molar-refractivity contribution < 1.29 is 9.71 Å². The lowest BCUT2D eigenvalue weighted by Crippen LogP contribution is -2.19. The van der Waals surface area contributed by atoms with E-state index < -0.39 is 10.8 Å². The molecule has 0 bridgehead atoms. The third-order valence-corrected chi connectivity index (χ3v) is 0.828. The van der Waals surface area contributed by atoms with Crippen molar-refractivity contribution in [3.05, 3.63) is 15.6 Å². The fourth-order valence-electron chi connectivity index (χ4n) is 0.453. The molecule has 1 rings (SSSR count). The minimum absolute atomic E-state index is 0.370. The Hall–Kier alpha value is -1.88.